The van der Waals surface area contributed by atoms with Gasteiger partial charge in [-0.1, -0.05) is 12.1 Å². The van der Waals surface area contributed by atoms with Crippen molar-refractivity contribution in [1.82, 2.24) is 15.1 Å². The summed E-state index contributed by atoms with van der Waals surface area (Å²) in [6.45, 7) is 8.33. The number of hydrogen-bond donors (Lipinski definition) is 2. The first kappa shape index (κ1) is 18.0. The predicted octanol–water partition coefficient (Wildman–Crippen LogP) is 3.26. The van der Waals surface area contributed by atoms with E-state index in [0.29, 0.717) is 25.2 Å². The van der Waals surface area contributed by atoms with E-state index in [-0.39, 0.29) is 12.0 Å². The quantitative estimate of drug-likeness (QED) is 0.864. The lowest BCUT2D eigenvalue weighted by Gasteiger charge is -2.29. The second-order valence-electron chi connectivity index (χ2n) is 7.50. The van der Waals surface area contributed by atoms with Crippen LogP contribution in [-0.4, -0.2) is 39.2 Å². The fourth-order valence-electron chi connectivity index (χ4n) is 2.90. The van der Waals surface area contributed by atoms with E-state index in [1.165, 1.54) is 0 Å². The van der Waals surface area contributed by atoms with Crippen LogP contribution in [0, 0.1) is 6.92 Å². The van der Waals surface area contributed by atoms with Gasteiger partial charge in [0.15, 0.2) is 5.69 Å². The van der Waals surface area contributed by atoms with Crippen LogP contribution >= 0.6 is 0 Å². The van der Waals surface area contributed by atoms with Crippen LogP contribution in [0.3, 0.4) is 0 Å². The maximum Gasteiger partial charge on any atom is 0.410 e. The van der Waals surface area contributed by atoms with E-state index in [9.17, 15) is 9.59 Å². The first-order valence-corrected chi connectivity index (χ1v) is 8.65. The summed E-state index contributed by atoms with van der Waals surface area (Å²) in [6.07, 6.45) is 0.199. The summed E-state index contributed by atoms with van der Waals surface area (Å²) < 4.78 is 5.41. The fraction of sp³-hybridized carbons (Fsp3) is 0.421. The number of anilines is 1. The number of aryl methyl sites for hydroxylation is 1. The van der Waals surface area contributed by atoms with Crippen molar-refractivity contribution in [3.05, 3.63) is 46.8 Å². The van der Waals surface area contributed by atoms with Crippen LogP contribution in [0.15, 0.2) is 24.3 Å². The number of amides is 2. The molecule has 1 aromatic heterocycles. The Kier molecular flexibility index (Phi) is 4.71. The number of carbonyl (C=O) groups excluding carboxylic acids is 2. The van der Waals surface area contributed by atoms with Crippen molar-refractivity contribution < 1.29 is 14.3 Å². The fourth-order valence-corrected chi connectivity index (χ4v) is 2.90. The van der Waals surface area contributed by atoms with Crippen molar-refractivity contribution in [2.45, 2.75) is 46.3 Å². The van der Waals surface area contributed by atoms with E-state index in [4.69, 9.17) is 4.74 Å². The van der Waals surface area contributed by atoms with Gasteiger partial charge in [-0.05, 0) is 51.8 Å². The Labute approximate surface area is 152 Å². The molecule has 7 nitrogen and oxygen atoms in total. The van der Waals surface area contributed by atoms with Gasteiger partial charge in [0.25, 0.3) is 5.91 Å². The molecule has 1 aliphatic rings. The molecule has 0 atom stereocenters. The third-order valence-electron chi connectivity index (χ3n) is 4.08. The van der Waals surface area contributed by atoms with Crippen molar-refractivity contribution in [2.24, 2.45) is 0 Å². The van der Waals surface area contributed by atoms with Gasteiger partial charge in [0.05, 0.1) is 12.2 Å². The highest BCUT2D eigenvalue weighted by molar-refractivity contribution is 6.04. The number of nitrogens with zero attached hydrogens (tertiary/aromatic N) is 2. The zero-order chi connectivity index (χ0) is 18.9. The van der Waals surface area contributed by atoms with E-state index in [1.807, 2.05) is 52.0 Å². The summed E-state index contributed by atoms with van der Waals surface area (Å²) in [6, 6.07) is 7.61. The number of aromatic nitrogens is 2. The Morgan fingerprint density at radius 1 is 1.31 bits per heavy atom. The number of nitrogens with one attached hydrogen (secondary N) is 2. The molecule has 0 unspecified atom stereocenters. The van der Waals surface area contributed by atoms with Crippen LogP contribution in [0.25, 0.3) is 0 Å². The van der Waals surface area contributed by atoms with Gasteiger partial charge in [-0.25, -0.2) is 4.79 Å². The van der Waals surface area contributed by atoms with Crippen LogP contribution in [0.2, 0.25) is 0 Å². The van der Waals surface area contributed by atoms with Gasteiger partial charge in [-0.15, -0.1) is 0 Å². The normalized spacial score (nSPS) is 13.9. The molecule has 3 rings (SSSR count). The lowest BCUT2D eigenvalue weighted by molar-refractivity contribution is 0.0221. The largest absolute Gasteiger partial charge is 0.444 e. The van der Waals surface area contributed by atoms with Crippen molar-refractivity contribution in [2.75, 3.05) is 11.9 Å². The Hall–Kier alpha value is -2.83. The standard InChI is InChI=1S/C19H24N4O3/c1-12-6-5-7-13(10-12)20-17(24)16-14-8-9-23(11-15(14)21-22-16)18(25)26-19(2,3)4/h5-7,10H,8-9,11H2,1-4H3,(H,20,24)(H,21,22). The van der Waals surface area contributed by atoms with E-state index in [2.05, 4.69) is 15.5 Å². The minimum atomic E-state index is -0.537. The molecule has 1 aliphatic heterocycles. The molecule has 2 aromatic rings. The van der Waals surface area contributed by atoms with Crippen molar-refractivity contribution in [1.29, 1.82) is 0 Å². The molecular formula is C19H24N4O3. The summed E-state index contributed by atoms with van der Waals surface area (Å²) in [5, 5.41) is 9.93. The van der Waals surface area contributed by atoms with Crippen molar-refractivity contribution in [3.63, 3.8) is 0 Å². The first-order valence-electron chi connectivity index (χ1n) is 8.65. The Morgan fingerprint density at radius 3 is 2.77 bits per heavy atom. The van der Waals surface area contributed by atoms with E-state index in [1.54, 1.807) is 4.90 Å². The minimum absolute atomic E-state index is 0.251. The maximum absolute atomic E-state index is 12.6. The zero-order valence-electron chi connectivity index (χ0n) is 15.5. The average molecular weight is 356 g/mol. The molecule has 0 fully saturated rings. The van der Waals surface area contributed by atoms with Crippen LogP contribution in [0.5, 0.6) is 0 Å². The Balaban J connectivity index is 1.71. The molecule has 2 amide bonds. The van der Waals surface area contributed by atoms with Crippen molar-refractivity contribution in [3.8, 4) is 0 Å². The number of ether oxygens (including phenoxy) is 1. The monoisotopic (exact) mass is 356 g/mol. The Morgan fingerprint density at radius 2 is 2.08 bits per heavy atom. The van der Waals surface area contributed by atoms with Crippen molar-refractivity contribution >= 4 is 17.7 Å². The van der Waals surface area contributed by atoms with Gasteiger partial charge >= 0.3 is 6.09 Å². The SMILES string of the molecule is Cc1cccc(NC(=O)c2n[nH]c3c2CCN(C(=O)OC(C)(C)C)C3)c1. The summed E-state index contributed by atoms with van der Waals surface area (Å²) in [5.74, 6) is -0.251. The van der Waals surface area contributed by atoms with Crippen LogP contribution in [0.4, 0.5) is 10.5 Å². The molecule has 138 valence electrons. The summed E-state index contributed by atoms with van der Waals surface area (Å²) >= 11 is 0. The average Bonchev–Trinajstić information content (AvgIpc) is 2.96. The minimum Gasteiger partial charge on any atom is -0.444 e. The van der Waals surface area contributed by atoms with Crippen LogP contribution < -0.4 is 5.32 Å². The van der Waals surface area contributed by atoms with Crippen LogP contribution in [0.1, 0.15) is 48.1 Å². The highest BCUT2D eigenvalue weighted by atomic mass is 16.6. The van der Waals surface area contributed by atoms with E-state index >= 15 is 0 Å². The lowest BCUT2D eigenvalue weighted by atomic mass is 10.0. The summed E-state index contributed by atoms with van der Waals surface area (Å²) in [4.78, 5) is 26.4. The predicted molar refractivity (Wildman–Crippen MR) is 98.1 cm³/mol. The Bertz CT molecular complexity index is 836. The van der Waals surface area contributed by atoms with Gasteiger partial charge in [0.2, 0.25) is 0 Å². The van der Waals surface area contributed by atoms with Gasteiger partial charge in [-0.2, -0.15) is 5.10 Å². The highest BCUT2D eigenvalue weighted by Crippen LogP contribution is 2.23. The number of carbonyl (C=O) groups is 2. The second kappa shape index (κ2) is 6.82. The van der Waals surface area contributed by atoms with Crippen LogP contribution in [-0.2, 0) is 17.7 Å². The van der Waals surface area contributed by atoms with Gasteiger partial charge in [0, 0.05) is 17.8 Å². The molecule has 26 heavy (non-hydrogen) atoms. The number of rotatable bonds is 2. The number of hydrogen-bond acceptors (Lipinski definition) is 4. The molecule has 0 aliphatic carbocycles. The number of benzene rings is 1. The molecule has 2 N–H and O–H groups in total. The lowest BCUT2D eigenvalue weighted by Crippen LogP contribution is -2.40. The number of H-pyrrole nitrogens is 1. The summed E-state index contributed by atoms with van der Waals surface area (Å²) in [7, 11) is 0. The molecule has 2 heterocycles. The summed E-state index contributed by atoms with van der Waals surface area (Å²) in [5.41, 5.74) is 3.28. The maximum atomic E-state index is 12.6. The highest BCUT2D eigenvalue weighted by Gasteiger charge is 2.30. The molecule has 1 aromatic carbocycles. The molecule has 0 bridgehead atoms. The second-order valence-corrected chi connectivity index (χ2v) is 7.50. The first-order chi connectivity index (χ1) is 12.2. The number of aromatic amines is 1. The third kappa shape index (κ3) is 4.04. The van der Waals surface area contributed by atoms with E-state index < -0.39 is 5.60 Å². The smallest absolute Gasteiger partial charge is 0.410 e. The van der Waals surface area contributed by atoms with Gasteiger partial charge in [-0.3, -0.25) is 9.89 Å². The molecular weight excluding hydrogens is 332 g/mol. The third-order valence-corrected chi connectivity index (χ3v) is 4.08. The van der Waals surface area contributed by atoms with Gasteiger partial charge < -0.3 is 15.0 Å². The topological polar surface area (TPSA) is 87.3 Å². The van der Waals surface area contributed by atoms with Gasteiger partial charge in [0.1, 0.15) is 5.60 Å². The molecule has 0 saturated carbocycles. The molecule has 0 radical (unpaired) electrons. The number of fused-ring (bicyclic) bond motifs is 1. The molecule has 0 spiro atoms. The molecule has 7 heteroatoms. The zero-order valence-corrected chi connectivity index (χ0v) is 15.5. The van der Waals surface area contributed by atoms with E-state index in [0.717, 1.165) is 22.5 Å². The molecule has 0 saturated heterocycles.